The lowest BCUT2D eigenvalue weighted by molar-refractivity contribution is -0.696. The summed E-state index contributed by atoms with van der Waals surface area (Å²) < 4.78 is 25.4. The maximum atomic E-state index is 11.6. The minimum absolute atomic E-state index is 0.0600. The molecule has 1 heterocycles. The van der Waals surface area contributed by atoms with Gasteiger partial charge in [0, 0.05) is 36.1 Å². The van der Waals surface area contributed by atoms with Crippen LogP contribution in [0.15, 0.2) is 71.6 Å². The Hall–Kier alpha value is -3.31. The van der Waals surface area contributed by atoms with Crippen LogP contribution in [0.25, 0.3) is 24.3 Å². The molecule has 0 aliphatic rings. The highest BCUT2D eigenvalue weighted by molar-refractivity contribution is 7.90. The molecule has 4 nitrogen and oxygen atoms in total. The number of ketones is 1. The van der Waals surface area contributed by atoms with E-state index in [1.165, 1.54) is 6.26 Å². The average molecular weight is 433 g/mol. The Morgan fingerprint density at radius 2 is 1.29 bits per heavy atom. The van der Waals surface area contributed by atoms with E-state index in [2.05, 4.69) is 23.6 Å². The highest BCUT2D eigenvalue weighted by Gasteiger charge is 2.11. The molecule has 0 aliphatic carbocycles. The summed E-state index contributed by atoms with van der Waals surface area (Å²) in [5, 5.41) is 0. The first-order valence-electron chi connectivity index (χ1n) is 10.1. The second-order valence-corrected chi connectivity index (χ2v) is 9.32. The third-order valence-corrected chi connectivity index (χ3v) is 6.12. The topological polar surface area (TPSA) is 55.1 Å². The summed E-state index contributed by atoms with van der Waals surface area (Å²) in [6, 6.07) is 20.5. The first-order chi connectivity index (χ1) is 14.8. The Morgan fingerprint density at radius 1 is 0.806 bits per heavy atom. The summed E-state index contributed by atoms with van der Waals surface area (Å²) >= 11 is 0. The summed E-state index contributed by atoms with van der Waals surface area (Å²) in [4.78, 5) is 11.7. The number of carbonyl (C=O) groups is 1. The quantitative estimate of drug-likeness (QED) is 0.392. The molecule has 0 radical (unpaired) electrons. The molecule has 1 aromatic heterocycles. The summed E-state index contributed by atoms with van der Waals surface area (Å²) in [6.45, 7) is 4.46. The van der Waals surface area contributed by atoms with E-state index in [1.807, 2.05) is 54.6 Å². The SMILES string of the molecule is CC[n+]1c(/C=C/c2ccc(C(C)=O)cc2)cccc1/C=C/c1ccc(S(C)(=O)=O)cc1. The number of benzene rings is 2. The van der Waals surface area contributed by atoms with Gasteiger partial charge < -0.3 is 0 Å². The van der Waals surface area contributed by atoms with Crippen LogP contribution in [0.3, 0.4) is 0 Å². The van der Waals surface area contributed by atoms with Gasteiger partial charge in [0.1, 0.15) is 6.54 Å². The predicted molar refractivity (Wildman–Crippen MR) is 126 cm³/mol. The minimum Gasteiger partial charge on any atom is -0.295 e. The first-order valence-corrected chi connectivity index (χ1v) is 12.0. The van der Waals surface area contributed by atoms with Crippen molar-refractivity contribution in [2.75, 3.05) is 6.26 Å². The van der Waals surface area contributed by atoms with E-state index in [1.54, 1.807) is 31.2 Å². The van der Waals surface area contributed by atoms with Crippen LogP contribution in [0.1, 0.15) is 46.7 Å². The molecule has 0 N–H and O–H groups in total. The van der Waals surface area contributed by atoms with Gasteiger partial charge in [-0.05, 0) is 55.3 Å². The van der Waals surface area contributed by atoms with Crippen molar-refractivity contribution in [3.8, 4) is 0 Å². The maximum absolute atomic E-state index is 11.6. The van der Waals surface area contributed by atoms with E-state index in [9.17, 15) is 13.2 Å². The van der Waals surface area contributed by atoms with Crippen molar-refractivity contribution < 1.29 is 17.8 Å². The number of sulfone groups is 1. The van der Waals surface area contributed by atoms with E-state index in [4.69, 9.17) is 0 Å². The van der Waals surface area contributed by atoms with E-state index < -0.39 is 9.84 Å². The lowest BCUT2D eigenvalue weighted by Crippen LogP contribution is -2.38. The summed E-state index contributed by atoms with van der Waals surface area (Å²) in [6.07, 6.45) is 9.30. The summed E-state index contributed by atoms with van der Waals surface area (Å²) in [5.74, 6) is 0.0600. The lowest BCUT2D eigenvalue weighted by atomic mass is 10.1. The average Bonchev–Trinajstić information content (AvgIpc) is 2.76. The Labute approximate surface area is 184 Å². The number of carbonyl (C=O) groups excluding carboxylic acids is 1. The summed E-state index contributed by atoms with van der Waals surface area (Å²) in [7, 11) is -3.19. The smallest absolute Gasteiger partial charge is 0.205 e. The number of hydrogen-bond donors (Lipinski definition) is 0. The van der Waals surface area contributed by atoms with Crippen LogP contribution < -0.4 is 4.57 Å². The molecule has 0 atom stereocenters. The Kier molecular flexibility index (Phi) is 6.98. The van der Waals surface area contributed by atoms with Crippen LogP contribution in [0.4, 0.5) is 0 Å². The van der Waals surface area contributed by atoms with E-state index >= 15 is 0 Å². The van der Waals surface area contributed by atoms with Gasteiger partial charge in [-0.25, -0.2) is 8.42 Å². The van der Waals surface area contributed by atoms with Crippen molar-refractivity contribution in [2.45, 2.75) is 25.3 Å². The van der Waals surface area contributed by atoms with Crippen molar-refractivity contribution in [1.82, 2.24) is 0 Å². The molecular formula is C26H26NO3S+. The first kappa shape index (κ1) is 22.4. The molecule has 3 aromatic rings. The molecule has 0 unspecified atom stereocenters. The fourth-order valence-electron chi connectivity index (χ4n) is 3.25. The van der Waals surface area contributed by atoms with Gasteiger partial charge in [-0.1, -0.05) is 36.4 Å². The zero-order valence-corrected chi connectivity index (χ0v) is 18.8. The van der Waals surface area contributed by atoms with Gasteiger partial charge in [-0.15, -0.1) is 0 Å². The van der Waals surface area contributed by atoms with Gasteiger partial charge >= 0.3 is 0 Å². The molecule has 5 heteroatoms. The number of aromatic nitrogens is 1. The van der Waals surface area contributed by atoms with Crippen LogP contribution in [0.5, 0.6) is 0 Å². The second-order valence-electron chi connectivity index (χ2n) is 7.31. The highest BCUT2D eigenvalue weighted by atomic mass is 32.2. The van der Waals surface area contributed by atoms with Gasteiger partial charge in [0.25, 0.3) is 0 Å². The van der Waals surface area contributed by atoms with Crippen molar-refractivity contribution in [1.29, 1.82) is 0 Å². The second kappa shape index (κ2) is 9.67. The van der Waals surface area contributed by atoms with Crippen LogP contribution in [0, 0.1) is 0 Å². The molecule has 0 aliphatic heterocycles. The lowest BCUT2D eigenvalue weighted by Gasteiger charge is -2.03. The Morgan fingerprint density at radius 3 is 1.71 bits per heavy atom. The molecule has 0 saturated heterocycles. The van der Waals surface area contributed by atoms with E-state index in [-0.39, 0.29) is 5.78 Å². The summed E-state index contributed by atoms with van der Waals surface area (Å²) in [5.41, 5.74) is 4.77. The third kappa shape index (κ3) is 5.86. The van der Waals surface area contributed by atoms with E-state index in [0.29, 0.717) is 10.5 Å². The molecule has 0 fully saturated rings. The van der Waals surface area contributed by atoms with Crippen LogP contribution >= 0.6 is 0 Å². The molecule has 2 aromatic carbocycles. The van der Waals surface area contributed by atoms with Gasteiger partial charge in [0.05, 0.1) is 4.90 Å². The number of rotatable bonds is 7. The molecule has 0 spiro atoms. The number of nitrogens with zero attached hydrogens (tertiary/aromatic N) is 1. The maximum Gasteiger partial charge on any atom is 0.205 e. The fourth-order valence-corrected chi connectivity index (χ4v) is 3.88. The highest BCUT2D eigenvalue weighted by Crippen LogP contribution is 2.13. The van der Waals surface area contributed by atoms with Crippen molar-refractivity contribution in [3.63, 3.8) is 0 Å². The van der Waals surface area contributed by atoms with E-state index in [0.717, 1.165) is 29.1 Å². The van der Waals surface area contributed by atoms with Gasteiger partial charge in [0.15, 0.2) is 15.6 Å². The molecular weight excluding hydrogens is 406 g/mol. The van der Waals surface area contributed by atoms with Gasteiger partial charge in [-0.2, -0.15) is 4.57 Å². The number of Topliss-reactive ketones (excluding diaryl/α,β-unsaturated/α-hetero) is 1. The largest absolute Gasteiger partial charge is 0.295 e. The predicted octanol–water partition coefficient (Wildman–Crippen LogP) is 4.94. The number of hydrogen-bond acceptors (Lipinski definition) is 3. The van der Waals surface area contributed by atoms with Crippen LogP contribution in [-0.2, 0) is 16.4 Å². The molecule has 0 amide bonds. The zero-order chi connectivity index (χ0) is 22.4. The monoisotopic (exact) mass is 432 g/mol. The Bertz CT molecular complexity index is 1240. The third-order valence-electron chi connectivity index (χ3n) is 4.99. The minimum atomic E-state index is -3.19. The van der Waals surface area contributed by atoms with Crippen LogP contribution in [-0.4, -0.2) is 20.5 Å². The van der Waals surface area contributed by atoms with Crippen molar-refractivity contribution >= 4 is 39.9 Å². The Balaban J connectivity index is 1.84. The normalized spacial score (nSPS) is 12.0. The molecule has 158 valence electrons. The van der Waals surface area contributed by atoms with Gasteiger partial charge in [-0.3, -0.25) is 4.79 Å². The zero-order valence-electron chi connectivity index (χ0n) is 17.9. The van der Waals surface area contributed by atoms with Crippen molar-refractivity contribution in [3.05, 3.63) is 94.8 Å². The molecule has 0 saturated carbocycles. The van der Waals surface area contributed by atoms with Crippen LogP contribution in [0.2, 0.25) is 0 Å². The number of pyridine rings is 1. The molecule has 3 rings (SSSR count). The van der Waals surface area contributed by atoms with Gasteiger partial charge in [0.2, 0.25) is 11.4 Å². The molecule has 0 bridgehead atoms. The standard InChI is InChI=1S/C26H26NO3S/c1-4-27-24(16-10-21-8-14-23(15-9-21)20(2)28)6-5-7-25(27)17-11-22-12-18-26(19-13-22)31(3,29)30/h5-19H,4H2,1-3H3/q+1/b16-10+,17-11+. The fraction of sp³-hybridized carbons (Fsp3) is 0.154. The van der Waals surface area contributed by atoms with Crippen molar-refractivity contribution in [2.24, 2.45) is 0 Å². The molecule has 31 heavy (non-hydrogen) atoms.